The van der Waals surface area contributed by atoms with Crippen LogP contribution < -0.4 is 0 Å². The van der Waals surface area contributed by atoms with Gasteiger partial charge >= 0.3 is 0 Å². The van der Waals surface area contributed by atoms with Gasteiger partial charge in [0.15, 0.2) is 0 Å². The highest BCUT2D eigenvalue weighted by molar-refractivity contribution is 5.14. The molecule has 0 radical (unpaired) electrons. The molecule has 1 unspecified atom stereocenters. The van der Waals surface area contributed by atoms with Crippen molar-refractivity contribution in [3.63, 3.8) is 0 Å². The molecule has 1 aromatic carbocycles. The fourth-order valence-electron chi connectivity index (χ4n) is 1.58. The first-order valence-electron chi connectivity index (χ1n) is 5.47. The first-order valence-corrected chi connectivity index (χ1v) is 5.47. The van der Waals surface area contributed by atoms with Gasteiger partial charge in [-0.15, -0.1) is 0 Å². The molecule has 0 saturated carbocycles. The third-order valence-corrected chi connectivity index (χ3v) is 2.72. The molecule has 0 aliphatic carbocycles. The predicted octanol–water partition coefficient (Wildman–Crippen LogP) is 3.33. The lowest BCUT2D eigenvalue weighted by Crippen LogP contribution is -2.24. The molecule has 0 saturated heterocycles. The molecule has 0 aliphatic heterocycles. The van der Waals surface area contributed by atoms with Gasteiger partial charge in [0.2, 0.25) is 0 Å². The zero-order valence-electron chi connectivity index (χ0n) is 10.0. The lowest BCUT2D eigenvalue weighted by atomic mass is 10.0. The average Bonchev–Trinajstić information content (AvgIpc) is 2.18. The van der Waals surface area contributed by atoms with Crippen LogP contribution in [0.25, 0.3) is 0 Å². The van der Waals surface area contributed by atoms with Gasteiger partial charge in [0, 0.05) is 13.1 Å². The van der Waals surface area contributed by atoms with Crippen LogP contribution in [0.2, 0.25) is 0 Å². The van der Waals surface area contributed by atoms with Crippen LogP contribution >= 0.6 is 0 Å². The van der Waals surface area contributed by atoms with Crippen LogP contribution in [-0.4, -0.2) is 18.5 Å². The van der Waals surface area contributed by atoms with Crippen LogP contribution in [0.5, 0.6) is 0 Å². The third-order valence-electron chi connectivity index (χ3n) is 2.72. The zero-order chi connectivity index (χ0) is 11.3. The number of nitrogens with zero attached hydrogens (tertiary/aromatic N) is 1. The maximum Gasteiger partial charge on any atom is 0.0230 e. The highest BCUT2D eigenvalue weighted by Crippen LogP contribution is 2.10. The van der Waals surface area contributed by atoms with E-state index >= 15 is 0 Å². The first kappa shape index (κ1) is 12.0. The van der Waals surface area contributed by atoms with E-state index in [2.05, 4.69) is 62.7 Å². The van der Waals surface area contributed by atoms with Gasteiger partial charge in [-0.05, 0) is 25.5 Å². The Balaban J connectivity index is 2.43. The number of benzene rings is 1. The predicted molar refractivity (Wildman–Crippen MR) is 66.8 cm³/mol. The monoisotopic (exact) mass is 203 g/mol. The Morgan fingerprint density at radius 3 is 2.47 bits per heavy atom. The van der Waals surface area contributed by atoms with Crippen LogP contribution in [-0.2, 0) is 6.54 Å². The van der Waals surface area contributed by atoms with Crippen molar-refractivity contribution in [2.24, 2.45) is 5.92 Å². The SMILES string of the molecule is C=C(C)C(C)CN(C)Cc1ccccc1. The lowest BCUT2D eigenvalue weighted by molar-refractivity contribution is 0.295. The van der Waals surface area contributed by atoms with Gasteiger partial charge in [0.25, 0.3) is 0 Å². The topological polar surface area (TPSA) is 3.24 Å². The minimum atomic E-state index is 0.568. The van der Waals surface area contributed by atoms with Crippen molar-refractivity contribution in [2.75, 3.05) is 13.6 Å². The summed E-state index contributed by atoms with van der Waals surface area (Å²) in [5.41, 5.74) is 2.63. The van der Waals surface area contributed by atoms with Gasteiger partial charge in [-0.1, -0.05) is 49.4 Å². The van der Waals surface area contributed by atoms with E-state index in [0.29, 0.717) is 5.92 Å². The molecule has 0 spiro atoms. The van der Waals surface area contributed by atoms with Crippen molar-refractivity contribution in [1.82, 2.24) is 4.90 Å². The van der Waals surface area contributed by atoms with Crippen molar-refractivity contribution in [3.05, 3.63) is 48.0 Å². The van der Waals surface area contributed by atoms with E-state index in [9.17, 15) is 0 Å². The minimum Gasteiger partial charge on any atom is -0.302 e. The molecule has 82 valence electrons. The van der Waals surface area contributed by atoms with Gasteiger partial charge in [-0.3, -0.25) is 0 Å². The van der Waals surface area contributed by atoms with E-state index in [1.165, 1.54) is 11.1 Å². The van der Waals surface area contributed by atoms with Crippen molar-refractivity contribution >= 4 is 0 Å². The van der Waals surface area contributed by atoms with Gasteiger partial charge in [0.05, 0.1) is 0 Å². The van der Waals surface area contributed by atoms with Crippen molar-refractivity contribution in [2.45, 2.75) is 20.4 Å². The van der Waals surface area contributed by atoms with Gasteiger partial charge in [0.1, 0.15) is 0 Å². The second-order valence-corrected chi connectivity index (χ2v) is 4.43. The maximum absolute atomic E-state index is 3.99. The van der Waals surface area contributed by atoms with E-state index in [1.54, 1.807) is 0 Å². The number of hydrogen-bond donors (Lipinski definition) is 0. The summed E-state index contributed by atoms with van der Waals surface area (Å²) in [4.78, 5) is 2.34. The standard InChI is InChI=1S/C14H21N/c1-12(2)13(3)10-15(4)11-14-8-6-5-7-9-14/h5-9,13H,1,10-11H2,2-4H3. The second kappa shape index (κ2) is 5.72. The van der Waals surface area contributed by atoms with Crippen molar-refractivity contribution in [3.8, 4) is 0 Å². The highest BCUT2D eigenvalue weighted by atomic mass is 15.1. The van der Waals surface area contributed by atoms with Crippen LogP contribution in [0.1, 0.15) is 19.4 Å². The molecule has 0 amide bonds. The lowest BCUT2D eigenvalue weighted by Gasteiger charge is -2.21. The van der Waals surface area contributed by atoms with E-state index in [4.69, 9.17) is 0 Å². The van der Waals surface area contributed by atoms with Crippen LogP contribution in [0.3, 0.4) is 0 Å². The molecule has 1 aromatic rings. The van der Waals surface area contributed by atoms with E-state index in [-0.39, 0.29) is 0 Å². The largest absolute Gasteiger partial charge is 0.302 e. The van der Waals surface area contributed by atoms with Crippen LogP contribution in [0.4, 0.5) is 0 Å². The second-order valence-electron chi connectivity index (χ2n) is 4.43. The molecular weight excluding hydrogens is 182 g/mol. The van der Waals surface area contributed by atoms with Crippen molar-refractivity contribution in [1.29, 1.82) is 0 Å². The Kier molecular flexibility index (Phi) is 4.57. The van der Waals surface area contributed by atoms with E-state index in [1.807, 2.05) is 0 Å². The molecule has 0 aromatic heterocycles. The maximum atomic E-state index is 3.99. The normalized spacial score (nSPS) is 12.8. The number of hydrogen-bond acceptors (Lipinski definition) is 1. The summed E-state index contributed by atoms with van der Waals surface area (Å²) in [6.07, 6.45) is 0. The zero-order valence-corrected chi connectivity index (χ0v) is 10.0. The molecule has 1 rings (SSSR count). The fourth-order valence-corrected chi connectivity index (χ4v) is 1.58. The smallest absolute Gasteiger partial charge is 0.0230 e. The van der Waals surface area contributed by atoms with Gasteiger partial charge in [-0.25, -0.2) is 0 Å². The van der Waals surface area contributed by atoms with Gasteiger partial charge in [-0.2, -0.15) is 0 Å². The molecule has 1 heteroatoms. The van der Waals surface area contributed by atoms with Crippen LogP contribution in [0.15, 0.2) is 42.5 Å². The Bertz CT molecular complexity index is 302. The summed E-state index contributed by atoms with van der Waals surface area (Å²) in [7, 11) is 2.16. The Labute approximate surface area is 93.4 Å². The Morgan fingerprint density at radius 2 is 1.93 bits per heavy atom. The molecular formula is C14H21N. The molecule has 0 N–H and O–H groups in total. The summed E-state index contributed by atoms with van der Waals surface area (Å²) in [5.74, 6) is 0.568. The van der Waals surface area contributed by atoms with Crippen LogP contribution in [0, 0.1) is 5.92 Å². The molecule has 0 bridgehead atoms. The third kappa shape index (κ3) is 4.30. The fraction of sp³-hybridized carbons (Fsp3) is 0.429. The molecule has 1 nitrogen and oxygen atoms in total. The Morgan fingerprint density at radius 1 is 1.33 bits per heavy atom. The quantitative estimate of drug-likeness (QED) is 0.663. The van der Waals surface area contributed by atoms with Gasteiger partial charge < -0.3 is 4.90 Å². The summed E-state index contributed by atoms with van der Waals surface area (Å²) in [5, 5.41) is 0. The summed E-state index contributed by atoms with van der Waals surface area (Å²) in [6, 6.07) is 10.6. The summed E-state index contributed by atoms with van der Waals surface area (Å²) < 4.78 is 0. The average molecular weight is 203 g/mol. The van der Waals surface area contributed by atoms with E-state index < -0.39 is 0 Å². The summed E-state index contributed by atoms with van der Waals surface area (Å²) >= 11 is 0. The summed E-state index contributed by atoms with van der Waals surface area (Å²) in [6.45, 7) is 10.4. The molecule has 0 heterocycles. The molecule has 0 aliphatic rings. The Hall–Kier alpha value is -1.08. The van der Waals surface area contributed by atoms with Crippen molar-refractivity contribution < 1.29 is 0 Å². The van der Waals surface area contributed by atoms with E-state index in [0.717, 1.165) is 13.1 Å². The first-order chi connectivity index (χ1) is 7.09. The molecule has 1 atom stereocenters. The molecule has 15 heavy (non-hydrogen) atoms. The molecule has 0 fully saturated rings. The minimum absolute atomic E-state index is 0.568. The highest BCUT2D eigenvalue weighted by Gasteiger charge is 2.06. The number of rotatable bonds is 5.